The highest BCUT2D eigenvalue weighted by Gasteiger charge is 2.07. The van der Waals surface area contributed by atoms with Crippen molar-refractivity contribution in [1.29, 1.82) is 16.1 Å². The molecule has 2 aromatic heterocycles. The summed E-state index contributed by atoms with van der Waals surface area (Å²) in [6, 6.07) is 7.04. The van der Waals surface area contributed by atoms with Crippen LogP contribution in [0.3, 0.4) is 0 Å². The first kappa shape index (κ1) is 18.4. The molecule has 0 saturated carbocycles. The third-order valence-electron chi connectivity index (χ3n) is 3.25. The summed E-state index contributed by atoms with van der Waals surface area (Å²) >= 11 is 0. The van der Waals surface area contributed by atoms with Gasteiger partial charge in [0.1, 0.15) is 11.8 Å². The minimum atomic E-state index is -0.565. The van der Waals surface area contributed by atoms with Gasteiger partial charge in [0.05, 0.1) is 17.4 Å². The van der Waals surface area contributed by atoms with E-state index in [1.54, 1.807) is 42.7 Å². The van der Waals surface area contributed by atoms with Crippen molar-refractivity contribution in [2.75, 3.05) is 5.32 Å². The number of nitrogens with one attached hydrogen (secondary N) is 3. The topological polar surface area (TPSA) is 126 Å². The van der Waals surface area contributed by atoms with Crippen molar-refractivity contribution in [3.05, 3.63) is 72.3 Å². The molecule has 0 fully saturated rings. The molecule has 0 radical (unpaired) electrons. The number of hydrogen-bond donors (Lipinski definition) is 3. The molecule has 7 heteroatoms. The van der Waals surface area contributed by atoms with E-state index in [-0.39, 0.29) is 5.71 Å². The number of carbonyl (C=O) groups excluding carboxylic acids is 1. The second-order valence-corrected chi connectivity index (χ2v) is 5.12. The van der Waals surface area contributed by atoms with E-state index in [1.807, 2.05) is 6.07 Å². The normalized spacial score (nSPS) is 11.0. The molecule has 2 rings (SSSR count). The Morgan fingerprint density at radius 2 is 2.12 bits per heavy atom. The summed E-state index contributed by atoms with van der Waals surface area (Å²) in [6.07, 6.45) is 12.4. The maximum atomic E-state index is 12.1. The van der Waals surface area contributed by atoms with Crippen LogP contribution >= 0.6 is 0 Å². The lowest BCUT2D eigenvalue weighted by Gasteiger charge is -2.04. The Morgan fingerprint density at radius 1 is 1.27 bits per heavy atom. The molecule has 0 aromatic carbocycles. The smallest absolute Gasteiger partial charge is 0.273 e. The molecular weight excluding hydrogens is 328 g/mol. The van der Waals surface area contributed by atoms with Gasteiger partial charge in [-0.1, -0.05) is 12.2 Å². The van der Waals surface area contributed by atoms with Gasteiger partial charge < -0.3 is 10.7 Å². The zero-order valence-corrected chi connectivity index (χ0v) is 13.8. The van der Waals surface area contributed by atoms with Crippen molar-refractivity contribution in [2.24, 2.45) is 0 Å². The number of carbonyl (C=O) groups is 1. The number of amides is 1. The fourth-order valence-corrected chi connectivity index (χ4v) is 2.01. The largest absolute Gasteiger partial charge is 0.319 e. The van der Waals surface area contributed by atoms with Gasteiger partial charge in [-0.15, -0.1) is 0 Å². The summed E-state index contributed by atoms with van der Waals surface area (Å²) in [5.74, 6) is -0.565. The number of nitriles is 1. The van der Waals surface area contributed by atoms with E-state index in [0.717, 1.165) is 0 Å². The van der Waals surface area contributed by atoms with Crippen LogP contribution in [0.2, 0.25) is 0 Å². The first-order valence-corrected chi connectivity index (χ1v) is 7.66. The van der Waals surface area contributed by atoms with Crippen molar-refractivity contribution >= 4 is 29.1 Å². The number of aromatic nitrogens is 2. The average molecular weight is 344 g/mol. The number of rotatable bonds is 7. The summed E-state index contributed by atoms with van der Waals surface area (Å²) in [7, 11) is 0. The fraction of sp³-hybridized carbons (Fsp3) is 0.0526. The summed E-state index contributed by atoms with van der Waals surface area (Å²) < 4.78 is 0. The average Bonchev–Trinajstić information content (AvgIpc) is 2.68. The van der Waals surface area contributed by atoms with Gasteiger partial charge in [0.25, 0.3) is 5.91 Å². The second-order valence-electron chi connectivity index (χ2n) is 5.12. The Hall–Kier alpha value is -3.92. The van der Waals surface area contributed by atoms with E-state index in [9.17, 15) is 4.79 Å². The van der Waals surface area contributed by atoms with E-state index < -0.39 is 5.91 Å². The molecular formula is C19H16N6O. The zero-order valence-electron chi connectivity index (χ0n) is 13.8. The van der Waals surface area contributed by atoms with Gasteiger partial charge in [0.15, 0.2) is 0 Å². The maximum Gasteiger partial charge on any atom is 0.273 e. The van der Waals surface area contributed by atoms with Crippen LogP contribution in [0.4, 0.5) is 5.69 Å². The highest BCUT2D eigenvalue weighted by Crippen LogP contribution is 2.17. The van der Waals surface area contributed by atoms with Gasteiger partial charge in [-0.25, -0.2) is 0 Å². The number of anilines is 1. The molecule has 128 valence electrons. The molecule has 0 atom stereocenters. The van der Waals surface area contributed by atoms with Crippen LogP contribution in [0, 0.1) is 22.1 Å². The summed E-state index contributed by atoms with van der Waals surface area (Å²) in [5.41, 5.74) is 2.00. The Labute approximate surface area is 150 Å². The van der Waals surface area contributed by atoms with Crippen LogP contribution in [0.5, 0.6) is 0 Å². The van der Waals surface area contributed by atoms with Crippen molar-refractivity contribution < 1.29 is 4.79 Å². The first-order chi connectivity index (χ1) is 12.6. The lowest BCUT2D eigenvalue weighted by molar-refractivity contribution is -0.110. The van der Waals surface area contributed by atoms with E-state index in [2.05, 4.69) is 15.3 Å². The predicted octanol–water partition coefficient (Wildman–Crippen LogP) is 2.99. The van der Waals surface area contributed by atoms with E-state index in [1.165, 1.54) is 24.7 Å². The minimum absolute atomic E-state index is 0.237. The second kappa shape index (κ2) is 9.39. The van der Waals surface area contributed by atoms with Crippen molar-refractivity contribution in [3.63, 3.8) is 0 Å². The van der Waals surface area contributed by atoms with Gasteiger partial charge in [-0.3, -0.25) is 20.2 Å². The van der Waals surface area contributed by atoms with E-state index >= 15 is 0 Å². The van der Waals surface area contributed by atoms with Crippen molar-refractivity contribution in [3.8, 4) is 6.07 Å². The van der Waals surface area contributed by atoms with Gasteiger partial charge in [-0.2, -0.15) is 5.26 Å². The van der Waals surface area contributed by atoms with Crippen LogP contribution in [0.1, 0.15) is 17.5 Å². The molecule has 0 aliphatic heterocycles. The quantitative estimate of drug-likeness (QED) is 0.527. The Kier molecular flexibility index (Phi) is 6.65. The molecule has 2 heterocycles. The molecule has 1 amide bonds. The zero-order chi connectivity index (χ0) is 18.8. The van der Waals surface area contributed by atoms with Gasteiger partial charge in [0, 0.05) is 30.6 Å². The standard InChI is InChI=1S/C19H16N6O/c20-7-1-3-15(16-9-14(10-21)11-24-12-16)5-6-18(22)19(26)25-17-4-2-8-23-13-17/h2-9,11-13,20,22H,1H2,(H,25,26)/b6-5+,15-3+,20-7?,22-18?. The SMILES string of the molecule is N#Cc1cncc(C(/C=C/C(=N)C(=O)Nc2cccnc2)=C/CC=N)c1. The molecule has 0 spiro atoms. The molecule has 26 heavy (non-hydrogen) atoms. The van der Waals surface area contributed by atoms with Crippen LogP contribution < -0.4 is 5.32 Å². The Balaban J connectivity index is 2.16. The number of hydrogen-bond acceptors (Lipinski definition) is 6. The van der Waals surface area contributed by atoms with Gasteiger partial charge in [0.2, 0.25) is 0 Å². The van der Waals surface area contributed by atoms with Crippen molar-refractivity contribution in [2.45, 2.75) is 6.42 Å². The molecule has 0 bridgehead atoms. The fourth-order valence-electron chi connectivity index (χ4n) is 2.01. The summed E-state index contributed by atoms with van der Waals surface area (Å²) in [5, 5.41) is 26.6. The summed E-state index contributed by atoms with van der Waals surface area (Å²) in [4.78, 5) is 20.0. The van der Waals surface area contributed by atoms with E-state index in [0.29, 0.717) is 28.8 Å². The van der Waals surface area contributed by atoms with Gasteiger partial charge >= 0.3 is 0 Å². The number of nitrogens with zero attached hydrogens (tertiary/aromatic N) is 3. The van der Waals surface area contributed by atoms with Crippen LogP contribution in [0.15, 0.2) is 61.2 Å². The molecule has 7 nitrogen and oxygen atoms in total. The molecule has 0 aliphatic rings. The molecule has 0 unspecified atom stereocenters. The predicted molar refractivity (Wildman–Crippen MR) is 100 cm³/mol. The van der Waals surface area contributed by atoms with Crippen LogP contribution in [-0.2, 0) is 4.79 Å². The maximum absolute atomic E-state index is 12.1. The molecule has 3 N–H and O–H groups in total. The first-order valence-electron chi connectivity index (χ1n) is 7.66. The van der Waals surface area contributed by atoms with Crippen LogP contribution in [0.25, 0.3) is 5.57 Å². The molecule has 2 aromatic rings. The Morgan fingerprint density at radius 3 is 2.81 bits per heavy atom. The number of pyridine rings is 2. The van der Waals surface area contributed by atoms with Crippen molar-refractivity contribution in [1.82, 2.24) is 9.97 Å². The van der Waals surface area contributed by atoms with E-state index in [4.69, 9.17) is 16.1 Å². The molecule has 0 aliphatic carbocycles. The third kappa shape index (κ3) is 5.32. The third-order valence-corrected chi connectivity index (χ3v) is 3.25. The lowest BCUT2D eigenvalue weighted by Crippen LogP contribution is -2.20. The van der Waals surface area contributed by atoms with Crippen LogP contribution in [-0.4, -0.2) is 27.8 Å². The summed E-state index contributed by atoms with van der Waals surface area (Å²) in [6.45, 7) is 0. The number of allylic oxidation sites excluding steroid dienone is 3. The Bertz CT molecular complexity index is 909. The lowest BCUT2D eigenvalue weighted by atomic mass is 10.0. The highest BCUT2D eigenvalue weighted by molar-refractivity contribution is 6.46. The molecule has 0 saturated heterocycles. The van der Waals surface area contributed by atoms with Gasteiger partial charge in [-0.05, 0) is 36.1 Å². The minimum Gasteiger partial charge on any atom is -0.319 e. The monoisotopic (exact) mass is 344 g/mol. The highest BCUT2D eigenvalue weighted by atomic mass is 16.1.